The molecule has 2 aromatic rings. The van der Waals surface area contributed by atoms with Crippen LogP contribution in [0.25, 0.3) is 0 Å². The Morgan fingerprint density at radius 3 is 2.64 bits per heavy atom. The minimum absolute atomic E-state index is 0.00440. The number of nitrogens with zero attached hydrogens (tertiary/aromatic N) is 2. The van der Waals surface area contributed by atoms with E-state index in [1.54, 1.807) is 22.9 Å². The Bertz CT molecular complexity index is 1180. The van der Waals surface area contributed by atoms with Gasteiger partial charge in [-0.1, -0.05) is 41.1 Å². The molecule has 0 aliphatic carbocycles. The van der Waals surface area contributed by atoms with Gasteiger partial charge in [0, 0.05) is 33.7 Å². The third-order valence-electron chi connectivity index (χ3n) is 8.13. The highest BCUT2D eigenvalue weighted by molar-refractivity contribution is 9.10. The van der Waals surface area contributed by atoms with Crippen molar-refractivity contribution in [3.8, 4) is 0 Å². The van der Waals surface area contributed by atoms with Crippen LogP contribution in [-0.4, -0.2) is 55.5 Å². The highest BCUT2D eigenvalue weighted by Gasteiger charge is 2.67. The lowest BCUT2D eigenvalue weighted by Crippen LogP contribution is -2.44. The van der Waals surface area contributed by atoms with Crippen molar-refractivity contribution in [3.05, 3.63) is 58.6 Å². The number of anilines is 2. The van der Waals surface area contributed by atoms with Crippen molar-refractivity contribution in [3.63, 3.8) is 0 Å². The highest BCUT2D eigenvalue weighted by Crippen LogP contribution is 2.61. The molecule has 2 aromatic carbocycles. The third kappa shape index (κ3) is 3.95. The summed E-state index contributed by atoms with van der Waals surface area (Å²) in [5.74, 6) is -0.866. The van der Waals surface area contributed by atoms with Crippen LogP contribution in [0.5, 0.6) is 0 Å². The Morgan fingerprint density at radius 2 is 1.97 bits per heavy atom. The van der Waals surface area contributed by atoms with Crippen LogP contribution in [0, 0.1) is 5.92 Å². The van der Waals surface area contributed by atoms with Gasteiger partial charge in [-0.25, -0.2) is 0 Å². The molecule has 0 saturated carbocycles. The van der Waals surface area contributed by atoms with Gasteiger partial charge in [0.1, 0.15) is 0 Å². The molecule has 3 heterocycles. The molecule has 2 fully saturated rings. The van der Waals surface area contributed by atoms with Crippen LogP contribution < -0.4 is 4.90 Å². The number of aliphatic hydroxyl groups excluding tert-OH is 1. The number of rotatable bonds is 5. The molecule has 3 aliphatic rings. The summed E-state index contributed by atoms with van der Waals surface area (Å²) in [6.07, 6.45) is 0.856. The summed E-state index contributed by atoms with van der Waals surface area (Å²) in [4.78, 5) is 31.0. The van der Waals surface area contributed by atoms with E-state index in [9.17, 15) is 14.7 Å². The molecule has 9 heteroatoms. The molecule has 3 aliphatic heterocycles. The zero-order valence-corrected chi connectivity index (χ0v) is 23.4. The van der Waals surface area contributed by atoms with Crippen LogP contribution in [-0.2, 0) is 19.9 Å². The first-order chi connectivity index (χ1) is 17.1. The van der Waals surface area contributed by atoms with E-state index >= 15 is 4.11 Å². The average molecular weight is 576 g/mol. The van der Waals surface area contributed by atoms with E-state index < -0.39 is 31.6 Å². The van der Waals surface area contributed by atoms with E-state index in [1.165, 1.54) is 0 Å². The van der Waals surface area contributed by atoms with Gasteiger partial charge in [-0.05, 0) is 56.3 Å². The molecule has 1 N–H and O–H groups in total. The van der Waals surface area contributed by atoms with Gasteiger partial charge in [0.05, 0.1) is 30.9 Å². The number of hydrogen-bond acceptors (Lipinski definition) is 4. The number of fused-ring (bicyclic) bond motifs is 2. The zero-order chi connectivity index (χ0) is 25.8. The molecule has 6 nitrogen and oxygen atoms in total. The molecule has 0 aromatic heterocycles. The van der Waals surface area contributed by atoms with E-state index in [4.69, 9.17) is 4.74 Å². The third-order valence-corrected chi connectivity index (χ3v) is 11.1. The molecule has 0 radical (unpaired) electrons. The van der Waals surface area contributed by atoms with Gasteiger partial charge in [0.2, 0.25) is 14.3 Å². The smallest absolute Gasteiger partial charge is 0.268 e. The molecule has 2 saturated heterocycles. The topological polar surface area (TPSA) is 70.1 Å². The summed E-state index contributed by atoms with van der Waals surface area (Å²) < 4.78 is 23.4. The fourth-order valence-corrected chi connectivity index (χ4v) is 9.48. The van der Waals surface area contributed by atoms with Gasteiger partial charge < -0.3 is 18.9 Å². The largest absolute Gasteiger partial charge is 0.394 e. The molecule has 36 heavy (non-hydrogen) atoms. The quantitative estimate of drug-likeness (QED) is 0.390. The van der Waals surface area contributed by atoms with Crippen molar-refractivity contribution in [2.45, 2.75) is 62.6 Å². The second kappa shape index (κ2) is 9.35. The van der Waals surface area contributed by atoms with Gasteiger partial charge >= 0.3 is 0 Å². The summed E-state index contributed by atoms with van der Waals surface area (Å²) in [7, 11) is -3.37. The maximum atomic E-state index is 16.0. The number of likely N-dealkylation sites (tertiary alicyclic amines) is 1. The Morgan fingerprint density at radius 1 is 1.25 bits per heavy atom. The summed E-state index contributed by atoms with van der Waals surface area (Å²) >= 11 is 3.55. The lowest BCUT2D eigenvalue weighted by atomic mass is 9.82. The van der Waals surface area contributed by atoms with E-state index in [0.717, 1.165) is 23.0 Å². The lowest BCUT2D eigenvalue weighted by Gasteiger charge is -2.31. The number of para-hydroxylation sites is 1. The number of benzene rings is 2. The van der Waals surface area contributed by atoms with Crippen molar-refractivity contribution in [2.75, 3.05) is 18.1 Å². The maximum Gasteiger partial charge on any atom is 0.268 e. The predicted molar refractivity (Wildman–Crippen MR) is 142 cm³/mol. The number of carbonyl (C=O) groups excluding carboxylic acids is 2. The fourth-order valence-electron chi connectivity index (χ4n) is 6.62. The Kier molecular flexibility index (Phi) is 6.64. The van der Waals surface area contributed by atoms with Crippen LogP contribution in [0.15, 0.2) is 53.0 Å². The van der Waals surface area contributed by atoms with Gasteiger partial charge in [0.15, 0.2) is 5.60 Å². The Labute approximate surface area is 220 Å². The summed E-state index contributed by atoms with van der Waals surface area (Å²) in [6.45, 7) is 5.66. The normalized spacial score (nSPS) is 29.9. The van der Waals surface area contributed by atoms with Crippen molar-refractivity contribution in [2.24, 2.45) is 5.92 Å². The molecular weight excluding hydrogens is 543 g/mol. The molecule has 5 rings (SSSR count). The Hall–Kier alpha value is -2.07. The molecule has 0 bridgehead atoms. The monoisotopic (exact) mass is 574 g/mol. The maximum absolute atomic E-state index is 16.0. The standard InChI is InChI=1S/C27H32BrFN2O4Si/c1-17-25(36(2,3)29)23(15-24(33)30-13-7-10-20(30)16-32)35-27(17)21-14-18(28)11-12-22(21)31(26(27)34)19-8-5-4-6-9-19/h4-6,8-9,11-12,14,17,20,23,25,32H,7,10,13,15-16H2,1-3H3/t17-,20+,23+,25-,27+/m1/s1. The van der Waals surface area contributed by atoms with Gasteiger partial charge in [-0.15, -0.1) is 0 Å². The van der Waals surface area contributed by atoms with Crippen LogP contribution in [0.4, 0.5) is 15.5 Å². The molecular formula is C27H32BrFN2O4Si. The number of aliphatic hydroxyl groups is 1. The highest BCUT2D eigenvalue weighted by atomic mass is 79.9. The number of amides is 2. The molecule has 0 unspecified atom stereocenters. The first kappa shape index (κ1) is 25.6. The second-order valence-corrected chi connectivity index (χ2v) is 15.4. The average Bonchev–Trinajstić information content (AvgIpc) is 3.49. The zero-order valence-electron chi connectivity index (χ0n) is 20.8. The molecule has 192 valence electrons. The first-order valence-electron chi connectivity index (χ1n) is 12.6. The summed E-state index contributed by atoms with van der Waals surface area (Å²) in [5.41, 5.74) is 0.191. The van der Waals surface area contributed by atoms with Crippen molar-refractivity contribution < 1.29 is 23.5 Å². The van der Waals surface area contributed by atoms with E-state index in [-0.39, 0.29) is 30.9 Å². The van der Waals surface area contributed by atoms with Crippen molar-refractivity contribution in [1.82, 2.24) is 4.90 Å². The first-order valence-corrected chi connectivity index (χ1v) is 16.3. The number of ether oxygens (including phenoxy) is 1. The summed E-state index contributed by atoms with van der Waals surface area (Å²) in [5, 5.41) is 9.71. The van der Waals surface area contributed by atoms with Crippen molar-refractivity contribution in [1.29, 1.82) is 0 Å². The van der Waals surface area contributed by atoms with Crippen LogP contribution in [0.1, 0.15) is 31.7 Å². The molecule has 2 amide bonds. The van der Waals surface area contributed by atoms with Gasteiger partial charge in [0.25, 0.3) is 5.91 Å². The molecule has 5 atom stereocenters. The van der Waals surface area contributed by atoms with E-state index in [0.29, 0.717) is 17.8 Å². The van der Waals surface area contributed by atoms with Crippen LogP contribution in [0.2, 0.25) is 18.6 Å². The fraction of sp³-hybridized carbons (Fsp3) is 0.481. The van der Waals surface area contributed by atoms with E-state index in [2.05, 4.69) is 15.9 Å². The van der Waals surface area contributed by atoms with E-state index in [1.807, 2.05) is 55.5 Å². The lowest BCUT2D eigenvalue weighted by molar-refractivity contribution is -0.149. The number of hydrogen-bond donors (Lipinski definition) is 1. The van der Waals surface area contributed by atoms with Crippen molar-refractivity contribution >= 4 is 47.5 Å². The van der Waals surface area contributed by atoms with Gasteiger partial charge in [-0.3, -0.25) is 14.5 Å². The van der Waals surface area contributed by atoms with Gasteiger partial charge in [-0.2, -0.15) is 0 Å². The second-order valence-electron chi connectivity index (χ2n) is 10.7. The predicted octanol–water partition coefficient (Wildman–Crippen LogP) is 5.28. The number of halogens is 2. The summed E-state index contributed by atoms with van der Waals surface area (Å²) in [6, 6.07) is 14.8. The minimum Gasteiger partial charge on any atom is -0.394 e. The Balaban J connectivity index is 1.58. The van der Waals surface area contributed by atoms with Crippen LogP contribution in [0.3, 0.4) is 0 Å². The SMILES string of the molecule is C[C@@H]1[C@@H]([Si](C)(C)F)[C@H](CC(=O)N2CCC[C@H]2CO)O[C@@]12C(=O)N(c1ccccc1)c1ccc(Br)cc12. The number of carbonyl (C=O) groups is 2. The minimum atomic E-state index is -3.37. The van der Waals surface area contributed by atoms with Crippen LogP contribution >= 0.6 is 15.9 Å². The molecule has 1 spiro atoms.